The molecule has 2 heterocycles. The molecule has 1 saturated carbocycles. The molecule has 1 aliphatic heterocycles. The SMILES string of the molecule is CCC(=O)c1cc(C(=O)NC2[C@H]3COC[C@@H]23)n([C@@H](C)c2ccc(C)cc2)n1. The van der Waals surface area contributed by atoms with Gasteiger partial charge in [0, 0.05) is 30.4 Å². The first kappa shape index (κ1) is 17.9. The molecule has 1 aromatic heterocycles. The highest BCUT2D eigenvalue weighted by Gasteiger charge is 2.55. The van der Waals surface area contributed by atoms with Crippen LogP contribution in [-0.2, 0) is 4.74 Å². The van der Waals surface area contributed by atoms with Gasteiger partial charge in [-0.1, -0.05) is 36.8 Å². The smallest absolute Gasteiger partial charge is 0.269 e. The Kier molecular flexibility index (Phi) is 4.60. The summed E-state index contributed by atoms with van der Waals surface area (Å²) >= 11 is 0. The van der Waals surface area contributed by atoms with Crippen molar-refractivity contribution in [2.24, 2.45) is 11.8 Å². The first-order chi connectivity index (χ1) is 13.0. The molecule has 6 nitrogen and oxygen atoms in total. The number of benzene rings is 1. The van der Waals surface area contributed by atoms with Crippen LogP contribution in [0.4, 0.5) is 0 Å². The second-order valence-corrected chi connectivity index (χ2v) is 7.59. The van der Waals surface area contributed by atoms with Gasteiger partial charge in [-0.25, -0.2) is 0 Å². The monoisotopic (exact) mass is 367 g/mol. The third-order valence-corrected chi connectivity index (χ3v) is 5.75. The fraction of sp³-hybridized carbons (Fsp3) is 0.476. The minimum absolute atomic E-state index is 0.0596. The van der Waals surface area contributed by atoms with E-state index in [0.29, 0.717) is 42.9 Å². The van der Waals surface area contributed by atoms with E-state index in [4.69, 9.17) is 4.74 Å². The number of amides is 1. The van der Waals surface area contributed by atoms with E-state index in [9.17, 15) is 9.59 Å². The van der Waals surface area contributed by atoms with E-state index in [-0.39, 0.29) is 23.8 Å². The van der Waals surface area contributed by atoms with E-state index in [2.05, 4.69) is 10.4 Å². The van der Waals surface area contributed by atoms with Gasteiger partial charge in [0.2, 0.25) is 0 Å². The number of hydrogen-bond donors (Lipinski definition) is 1. The van der Waals surface area contributed by atoms with E-state index in [1.165, 1.54) is 5.56 Å². The number of Topliss-reactive ketones (excluding diaryl/α,β-unsaturated/α-hetero) is 1. The molecule has 27 heavy (non-hydrogen) atoms. The van der Waals surface area contributed by atoms with Gasteiger partial charge >= 0.3 is 0 Å². The van der Waals surface area contributed by atoms with Crippen LogP contribution in [0, 0.1) is 18.8 Å². The van der Waals surface area contributed by atoms with Crippen molar-refractivity contribution >= 4 is 11.7 Å². The van der Waals surface area contributed by atoms with E-state index in [1.54, 1.807) is 17.7 Å². The summed E-state index contributed by atoms with van der Waals surface area (Å²) in [6.45, 7) is 7.27. The third kappa shape index (κ3) is 3.30. The van der Waals surface area contributed by atoms with Gasteiger partial charge in [0.15, 0.2) is 5.78 Å². The number of nitrogens with zero attached hydrogens (tertiary/aromatic N) is 2. The Bertz CT molecular complexity index is 861. The average Bonchev–Trinajstić information content (AvgIpc) is 3.08. The lowest BCUT2D eigenvalue weighted by atomic mass is 10.1. The van der Waals surface area contributed by atoms with Gasteiger partial charge in [-0.15, -0.1) is 0 Å². The van der Waals surface area contributed by atoms with Crippen molar-refractivity contribution in [3.05, 3.63) is 52.8 Å². The molecule has 0 spiro atoms. The lowest BCUT2D eigenvalue weighted by Gasteiger charge is -2.16. The zero-order chi connectivity index (χ0) is 19.1. The molecule has 4 rings (SSSR count). The van der Waals surface area contributed by atoms with Crippen LogP contribution in [0.1, 0.15) is 58.4 Å². The van der Waals surface area contributed by atoms with Crippen molar-refractivity contribution in [1.29, 1.82) is 0 Å². The fourth-order valence-electron chi connectivity index (χ4n) is 3.84. The van der Waals surface area contributed by atoms with Gasteiger partial charge in [-0.2, -0.15) is 5.10 Å². The number of rotatable bonds is 6. The van der Waals surface area contributed by atoms with Crippen molar-refractivity contribution in [1.82, 2.24) is 15.1 Å². The Morgan fingerprint density at radius 3 is 2.56 bits per heavy atom. The molecule has 2 aromatic rings. The van der Waals surface area contributed by atoms with Crippen LogP contribution in [0.15, 0.2) is 30.3 Å². The maximum atomic E-state index is 12.9. The van der Waals surface area contributed by atoms with Gasteiger partial charge in [0.05, 0.1) is 19.3 Å². The number of ether oxygens (including phenoxy) is 1. The minimum Gasteiger partial charge on any atom is -0.381 e. The second kappa shape index (κ2) is 6.93. The quantitative estimate of drug-likeness (QED) is 0.797. The van der Waals surface area contributed by atoms with Gasteiger partial charge in [0.25, 0.3) is 5.91 Å². The normalized spacial score (nSPS) is 24.3. The maximum Gasteiger partial charge on any atom is 0.269 e. The van der Waals surface area contributed by atoms with Crippen molar-refractivity contribution < 1.29 is 14.3 Å². The molecule has 0 bridgehead atoms. The molecule has 142 valence electrons. The van der Waals surface area contributed by atoms with E-state index in [0.717, 1.165) is 5.56 Å². The lowest BCUT2D eigenvalue weighted by Crippen LogP contribution is -2.32. The molecule has 1 aromatic carbocycles. The number of hydrogen-bond acceptors (Lipinski definition) is 4. The highest BCUT2D eigenvalue weighted by molar-refractivity contribution is 5.99. The zero-order valence-electron chi connectivity index (χ0n) is 15.9. The molecule has 1 unspecified atom stereocenters. The zero-order valence-corrected chi connectivity index (χ0v) is 15.9. The Labute approximate surface area is 158 Å². The van der Waals surface area contributed by atoms with Crippen LogP contribution in [0.25, 0.3) is 0 Å². The maximum absolute atomic E-state index is 12.9. The lowest BCUT2D eigenvalue weighted by molar-refractivity contribution is 0.0916. The summed E-state index contributed by atoms with van der Waals surface area (Å²) in [5.74, 6) is 0.625. The molecule has 1 N–H and O–H groups in total. The summed E-state index contributed by atoms with van der Waals surface area (Å²) in [5.41, 5.74) is 3.00. The van der Waals surface area contributed by atoms with E-state index in [1.807, 2.05) is 38.1 Å². The van der Waals surface area contributed by atoms with E-state index < -0.39 is 0 Å². The average molecular weight is 367 g/mol. The van der Waals surface area contributed by atoms with Crippen molar-refractivity contribution in [3.8, 4) is 0 Å². The fourth-order valence-corrected chi connectivity index (χ4v) is 3.84. The van der Waals surface area contributed by atoms with Gasteiger partial charge in [-0.3, -0.25) is 14.3 Å². The number of ketones is 1. The highest BCUT2D eigenvalue weighted by Crippen LogP contribution is 2.44. The summed E-state index contributed by atoms with van der Waals surface area (Å²) in [6, 6.07) is 9.81. The molecule has 1 saturated heterocycles. The molecule has 2 aliphatic rings. The van der Waals surface area contributed by atoms with Gasteiger partial charge in [-0.05, 0) is 19.4 Å². The van der Waals surface area contributed by atoms with Crippen molar-refractivity contribution in [2.45, 2.75) is 39.3 Å². The number of carbonyl (C=O) groups excluding carboxylic acids is 2. The van der Waals surface area contributed by atoms with Crippen molar-refractivity contribution in [3.63, 3.8) is 0 Å². The Morgan fingerprint density at radius 1 is 1.26 bits per heavy atom. The van der Waals surface area contributed by atoms with Gasteiger partial charge in [0.1, 0.15) is 11.4 Å². The predicted octanol–water partition coefficient (Wildman–Crippen LogP) is 2.77. The molecule has 0 radical (unpaired) electrons. The molecular weight excluding hydrogens is 342 g/mol. The van der Waals surface area contributed by atoms with Crippen LogP contribution in [0.5, 0.6) is 0 Å². The molecule has 4 atom stereocenters. The number of nitrogens with one attached hydrogen (secondary N) is 1. The van der Waals surface area contributed by atoms with Crippen LogP contribution in [-0.4, -0.2) is 40.7 Å². The highest BCUT2D eigenvalue weighted by atomic mass is 16.5. The largest absolute Gasteiger partial charge is 0.381 e. The van der Waals surface area contributed by atoms with Crippen LogP contribution in [0.3, 0.4) is 0 Å². The number of fused-ring (bicyclic) bond motifs is 1. The topological polar surface area (TPSA) is 73.2 Å². The first-order valence-corrected chi connectivity index (χ1v) is 9.57. The summed E-state index contributed by atoms with van der Waals surface area (Å²) < 4.78 is 7.07. The summed E-state index contributed by atoms with van der Waals surface area (Å²) in [7, 11) is 0. The number of carbonyl (C=O) groups is 2. The van der Waals surface area contributed by atoms with Gasteiger partial charge < -0.3 is 10.1 Å². The second-order valence-electron chi connectivity index (χ2n) is 7.59. The predicted molar refractivity (Wildman–Crippen MR) is 101 cm³/mol. The minimum atomic E-state index is -0.170. The van der Waals surface area contributed by atoms with Crippen LogP contribution in [0.2, 0.25) is 0 Å². The van der Waals surface area contributed by atoms with E-state index >= 15 is 0 Å². The first-order valence-electron chi connectivity index (χ1n) is 9.57. The molecule has 1 amide bonds. The van der Waals surface area contributed by atoms with Crippen LogP contribution < -0.4 is 5.32 Å². The Morgan fingerprint density at radius 2 is 1.93 bits per heavy atom. The number of aromatic nitrogens is 2. The third-order valence-electron chi connectivity index (χ3n) is 5.75. The van der Waals surface area contributed by atoms with Crippen molar-refractivity contribution in [2.75, 3.05) is 13.2 Å². The molecule has 6 heteroatoms. The molecular formula is C21H25N3O3. The summed E-state index contributed by atoms with van der Waals surface area (Å²) in [5, 5.41) is 7.59. The number of aryl methyl sites for hydroxylation is 1. The Balaban J connectivity index is 1.62. The summed E-state index contributed by atoms with van der Waals surface area (Å²) in [6.07, 6.45) is 0.362. The summed E-state index contributed by atoms with van der Waals surface area (Å²) in [4.78, 5) is 25.1. The Hall–Kier alpha value is -2.47. The standard InChI is InChI=1S/C21H25N3O3/c1-4-19(25)17-9-18(21(26)22-20-15-10-27-11-16(15)20)24(23-17)13(3)14-7-5-12(2)6-8-14/h5-9,13,15-16,20H,4,10-11H2,1-3H3,(H,22,26)/t13-,15-,16+,20?/m0/s1. The van der Waals surface area contributed by atoms with Crippen LogP contribution >= 0.6 is 0 Å². The molecule has 1 aliphatic carbocycles. The molecule has 2 fully saturated rings.